The number of nitrogens with one attached hydrogen (secondary N) is 1. The lowest BCUT2D eigenvalue weighted by molar-refractivity contribution is -0.138. The van der Waals surface area contributed by atoms with Gasteiger partial charge in [0.25, 0.3) is 0 Å². The molecule has 13 heavy (non-hydrogen) atoms. The number of carboxylic acids is 1. The van der Waals surface area contributed by atoms with Crippen LogP contribution in [0.2, 0.25) is 0 Å². The van der Waals surface area contributed by atoms with Gasteiger partial charge in [-0.15, -0.1) is 0 Å². The lowest BCUT2D eigenvalue weighted by atomic mass is 9.93. The third-order valence-corrected chi connectivity index (χ3v) is 2.60. The molecule has 1 unspecified atom stereocenters. The van der Waals surface area contributed by atoms with Gasteiger partial charge in [0.05, 0.1) is 0 Å². The second-order valence-electron chi connectivity index (χ2n) is 3.73. The SMILES string of the molecule is N[C@@H](CCC1CCCNC1)C(=O)O. The minimum atomic E-state index is -0.885. The maximum Gasteiger partial charge on any atom is 0.320 e. The molecule has 4 nitrogen and oxygen atoms in total. The van der Waals surface area contributed by atoms with E-state index in [1.165, 1.54) is 12.8 Å². The van der Waals surface area contributed by atoms with Gasteiger partial charge < -0.3 is 16.2 Å². The minimum absolute atomic E-state index is 0.599. The maximum atomic E-state index is 10.4. The molecule has 0 aromatic heterocycles. The molecule has 1 aliphatic heterocycles. The molecule has 4 N–H and O–H groups in total. The molecule has 2 atom stereocenters. The summed E-state index contributed by atoms with van der Waals surface area (Å²) in [6, 6.07) is -0.679. The molecule has 76 valence electrons. The van der Waals surface area contributed by atoms with Gasteiger partial charge in [0.1, 0.15) is 6.04 Å². The van der Waals surface area contributed by atoms with Gasteiger partial charge >= 0.3 is 5.97 Å². The first-order valence-corrected chi connectivity index (χ1v) is 4.89. The summed E-state index contributed by atoms with van der Waals surface area (Å²) in [6.07, 6.45) is 3.94. The van der Waals surface area contributed by atoms with Crippen LogP contribution in [-0.4, -0.2) is 30.2 Å². The molecule has 1 fully saturated rings. The predicted molar refractivity (Wildman–Crippen MR) is 50.4 cm³/mol. The van der Waals surface area contributed by atoms with E-state index >= 15 is 0 Å². The summed E-state index contributed by atoms with van der Waals surface area (Å²) in [5.41, 5.74) is 5.41. The average Bonchev–Trinajstić information content (AvgIpc) is 2.15. The summed E-state index contributed by atoms with van der Waals surface area (Å²) in [6.45, 7) is 2.12. The Kier molecular flexibility index (Phi) is 4.18. The van der Waals surface area contributed by atoms with E-state index in [1.807, 2.05) is 0 Å². The first-order valence-electron chi connectivity index (χ1n) is 4.89. The van der Waals surface area contributed by atoms with Crippen LogP contribution in [0.5, 0.6) is 0 Å². The van der Waals surface area contributed by atoms with Crippen LogP contribution in [0.15, 0.2) is 0 Å². The number of carboxylic acid groups (broad SMARTS) is 1. The van der Waals surface area contributed by atoms with Gasteiger partial charge in [0.15, 0.2) is 0 Å². The summed E-state index contributed by atoms with van der Waals surface area (Å²) in [7, 11) is 0. The molecule has 1 saturated heterocycles. The molecule has 1 heterocycles. The molecule has 0 aliphatic carbocycles. The zero-order valence-electron chi connectivity index (χ0n) is 7.83. The Morgan fingerprint density at radius 2 is 2.46 bits per heavy atom. The van der Waals surface area contributed by atoms with Gasteiger partial charge in [0.2, 0.25) is 0 Å². The van der Waals surface area contributed by atoms with E-state index in [4.69, 9.17) is 10.8 Å². The number of piperidine rings is 1. The van der Waals surface area contributed by atoms with Crippen molar-refractivity contribution in [1.82, 2.24) is 5.32 Å². The molecule has 0 amide bonds. The molecule has 4 heteroatoms. The highest BCUT2D eigenvalue weighted by Crippen LogP contribution is 2.16. The Bertz CT molecular complexity index is 167. The van der Waals surface area contributed by atoms with E-state index in [9.17, 15) is 4.79 Å². The van der Waals surface area contributed by atoms with Crippen LogP contribution in [0.25, 0.3) is 0 Å². The average molecular weight is 186 g/mol. The molecule has 0 radical (unpaired) electrons. The molecular formula is C9H18N2O2. The quantitative estimate of drug-likeness (QED) is 0.585. The standard InChI is InChI=1S/C9H18N2O2/c10-8(9(12)13)4-3-7-2-1-5-11-6-7/h7-8,11H,1-6,10H2,(H,12,13)/t7?,8-/m0/s1. The summed E-state index contributed by atoms with van der Waals surface area (Å²) >= 11 is 0. The van der Waals surface area contributed by atoms with Gasteiger partial charge in [-0.3, -0.25) is 4.79 Å². The van der Waals surface area contributed by atoms with Crippen molar-refractivity contribution in [2.45, 2.75) is 31.7 Å². The maximum absolute atomic E-state index is 10.4. The Labute approximate surface area is 78.5 Å². The molecule has 1 aliphatic rings. The van der Waals surface area contributed by atoms with Crippen molar-refractivity contribution >= 4 is 5.97 Å². The lowest BCUT2D eigenvalue weighted by Gasteiger charge is -2.23. The number of rotatable bonds is 4. The van der Waals surface area contributed by atoms with Crippen LogP contribution in [0, 0.1) is 5.92 Å². The van der Waals surface area contributed by atoms with E-state index in [0.717, 1.165) is 19.5 Å². The molecule has 0 saturated carbocycles. The van der Waals surface area contributed by atoms with E-state index in [2.05, 4.69) is 5.32 Å². The number of hydrogen-bond acceptors (Lipinski definition) is 3. The van der Waals surface area contributed by atoms with E-state index in [0.29, 0.717) is 12.3 Å². The summed E-state index contributed by atoms with van der Waals surface area (Å²) in [5, 5.41) is 11.9. The highest BCUT2D eigenvalue weighted by molar-refractivity contribution is 5.72. The third-order valence-electron chi connectivity index (χ3n) is 2.60. The Morgan fingerprint density at radius 1 is 1.69 bits per heavy atom. The zero-order valence-corrected chi connectivity index (χ0v) is 7.83. The molecule has 0 bridgehead atoms. The number of aliphatic carboxylic acids is 1. The zero-order chi connectivity index (χ0) is 9.68. The summed E-state index contributed by atoms with van der Waals surface area (Å²) < 4.78 is 0. The second kappa shape index (κ2) is 5.19. The number of nitrogens with two attached hydrogens (primary N) is 1. The topological polar surface area (TPSA) is 75.3 Å². The van der Waals surface area contributed by atoms with Crippen LogP contribution in [0.3, 0.4) is 0 Å². The smallest absolute Gasteiger partial charge is 0.320 e. The minimum Gasteiger partial charge on any atom is -0.480 e. The Hall–Kier alpha value is -0.610. The Morgan fingerprint density at radius 3 is 3.00 bits per heavy atom. The van der Waals surface area contributed by atoms with Crippen molar-refractivity contribution in [3.05, 3.63) is 0 Å². The van der Waals surface area contributed by atoms with Crippen LogP contribution in [0.1, 0.15) is 25.7 Å². The fourth-order valence-corrected chi connectivity index (χ4v) is 1.71. The fraction of sp³-hybridized carbons (Fsp3) is 0.889. The van der Waals surface area contributed by atoms with Crippen molar-refractivity contribution in [2.75, 3.05) is 13.1 Å². The molecule has 1 rings (SSSR count). The van der Waals surface area contributed by atoms with Crippen molar-refractivity contribution < 1.29 is 9.90 Å². The van der Waals surface area contributed by atoms with Gasteiger partial charge in [0, 0.05) is 0 Å². The molecule has 0 aromatic carbocycles. The van der Waals surface area contributed by atoms with E-state index in [1.54, 1.807) is 0 Å². The Balaban J connectivity index is 2.13. The first-order chi connectivity index (χ1) is 6.20. The monoisotopic (exact) mass is 186 g/mol. The molecule has 0 spiro atoms. The third kappa shape index (κ3) is 3.74. The van der Waals surface area contributed by atoms with Crippen LogP contribution < -0.4 is 11.1 Å². The van der Waals surface area contributed by atoms with Gasteiger partial charge in [-0.2, -0.15) is 0 Å². The van der Waals surface area contributed by atoms with Crippen molar-refractivity contribution in [2.24, 2.45) is 11.7 Å². The normalized spacial score (nSPS) is 25.5. The van der Waals surface area contributed by atoms with Crippen LogP contribution >= 0.6 is 0 Å². The highest BCUT2D eigenvalue weighted by Gasteiger charge is 2.17. The second-order valence-corrected chi connectivity index (χ2v) is 3.73. The van der Waals surface area contributed by atoms with E-state index in [-0.39, 0.29) is 0 Å². The number of hydrogen-bond donors (Lipinski definition) is 3. The summed E-state index contributed by atoms with van der Waals surface area (Å²) in [4.78, 5) is 10.4. The molecular weight excluding hydrogens is 168 g/mol. The van der Waals surface area contributed by atoms with Gasteiger partial charge in [-0.1, -0.05) is 0 Å². The predicted octanol–water partition coefficient (Wildman–Crippen LogP) is 0.178. The fourth-order valence-electron chi connectivity index (χ4n) is 1.71. The van der Waals surface area contributed by atoms with Gasteiger partial charge in [-0.05, 0) is 44.7 Å². The number of carbonyl (C=O) groups is 1. The van der Waals surface area contributed by atoms with Gasteiger partial charge in [-0.25, -0.2) is 0 Å². The summed E-state index contributed by atoms with van der Waals surface area (Å²) in [5.74, 6) is -0.261. The van der Waals surface area contributed by atoms with Crippen molar-refractivity contribution in [3.63, 3.8) is 0 Å². The molecule has 0 aromatic rings. The lowest BCUT2D eigenvalue weighted by Crippen LogP contribution is -2.34. The van der Waals surface area contributed by atoms with Crippen LogP contribution in [-0.2, 0) is 4.79 Å². The highest BCUT2D eigenvalue weighted by atomic mass is 16.4. The van der Waals surface area contributed by atoms with Crippen molar-refractivity contribution in [1.29, 1.82) is 0 Å². The van der Waals surface area contributed by atoms with E-state index < -0.39 is 12.0 Å². The van der Waals surface area contributed by atoms with Crippen LogP contribution in [0.4, 0.5) is 0 Å². The van der Waals surface area contributed by atoms with Crippen molar-refractivity contribution in [3.8, 4) is 0 Å². The largest absolute Gasteiger partial charge is 0.480 e. The first kappa shape index (κ1) is 10.5.